The number of rotatable bonds is 7. The second-order valence-electron chi connectivity index (χ2n) is 5.96. The normalized spacial score (nSPS) is 31.0. The summed E-state index contributed by atoms with van der Waals surface area (Å²) in [5.74, 6) is 1.25. The molecule has 18 heavy (non-hydrogen) atoms. The molecular formula is C16H27NO. The number of allylic oxidation sites excluding steroid dienone is 1. The van der Waals surface area contributed by atoms with Gasteiger partial charge in [-0.25, -0.2) is 0 Å². The minimum Gasteiger partial charge on any atom is -0.304 e. The summed E-state index contributed by atoms with van der Waals surface area (Å²) in [5.41, 5.74) is 0. The van der Waals surface area contributed by atoms with E-state index in [2.05, 4.69) is 11.9 Å². The van der Waals surface area contributed by atoms with E-state index >= 15 is 0 Å². The van der Waals surface area contributed by atoms with E-state index in [1.165, 1.54) is 32.1 Å². The highest BCUT2D eigenvalue weighted by Crippen LogP contribution is 2.33. The first kappa shape index (κ1) is 13.8. The van der Waals surface area contributed by atoms with Gasteiger partial charge in [-0.2, -0.15) is 0 Å². The second-order valence-corrected chi connectivity index (χ2v) is 5.96. The quantitative estimate of drug-likeness (QED) is 0.551. The van der Waals surface area contributed by atoms with E-state index in [4.69, 9.17) is 0 Å². The molecule has 0 spiro atoms. The molecular weight excluding hydrogens is 222 g/mol. The predicted molar refractivity (Wildman–Crippen MR) is 75.6 cm³/mol. The summed E-state index contributed by atoms with van der Waals surface area (Å²) >= 11 is 0. The Hall–Kier alpha value is -0.630. The third kappa shape index (κ3) is 3.68. The van der Waals surface area contributed by atoms with Crippen LogP contribution in [-0.2, 0) is 4.79 Å². The molecule has 2 nitrogen and oxygen atoms in total. The van der Waals surface area contributed by atoms with E-state index in [1.807, 2.05) is 6.08 Å². The average Bonchev–Trinajstić information content (AvgIpc) is 2.82. The van der Waals surface area contributed by atoms with Crippen molar-refractivity contribution in [2.75, 3.05) is 0 Å². The zero-order valence-corrected chi connectivity index (χ0v) is 11.5. The Morgan fingerprint density at radius 3 is 2.83 bits per heavy atom. The molecule has 2 aliphatic rings. The Labute approximate surface area is 111 Å². The van der Waals surface area contributed by atoms with Crippen LogP contribution in [-0.4, -0.2) is 17.9 Å². The summed E-state index contributed by atoms with van der Waals surface area (Å²) < 4.78 is 0. The van der Waals surface area contributed by atoms with Gasteiger partial charge < -0.3 is 5.32 Å². The lowest BCUT2D eigenvalue weighted by atomic mass is 9.84. The van der Waals surface area contributed by atoms with Crippen molar-refractivity contribution >= 4 is 5.78 Å². The fourth-order valence-corrected chi connectivity index (χ4v) is 3.50. The smallest absolute Gasteiger partial charge is 0.149 e. The van der Waals surface area contributed by atoms with Crippen molar-refractivity contribution in [1.82, 2.24) is 5.32 Å². The molecule has 1 saturated carbocycles. The van der Waals surface area contributed by atoms with Crippen LogP contribution in [0, 0.1) is 5.92 Å². The first-order chi connectivity index (χ1) is 8.81. The Kier molecular flexibility index (Phi) is 5.43. The summed E-state index contributed by atoms with van der Waals surface area (Å²) in [5, 5.41) is 3.58. The highest BCUT2D eigenvalue weighted by Gasteiger charge is 2.37. The number of ketones is 1. The summed E-state index contributed by atoms with van der Waals surface area (Å²) in [6.07, 6.45) is 13.7. The van der Waals surface area contributed by atoms with Crippen molar-refractivity contribution in [3.05, 3.63) is 12.7 Å². The van der Waals surface area contributed by atoms with E-state index < -0.39 is 0 Å². The molecule has 1 aliphatic carbocycles. The molecule has 1 aliphatic heterocycles. The SMILES string of the molecule is C=CCCCCCC(=O)C1CC2CCCCC2N1. The number of carbonyl (C=O) groups excluding carboxylic acids is 1. The lowest BCUT2D eigenvalue weighted by molar-refractivity contribution is -0.120. The minimum absolute atomic E-state index is 0.178. The fraction of sp³-hybridized carbons (Fsp3) is 0.812. The zero-order chi connectivity index (χ0) is 12.8. The van der Waals surface area contributed by atoms with Crippen LogP contribution >= 0.6 is 0 Å². The number of unbranched alkanes of at least 4 members (excludes halogenated alkanes) is 3. The number of Topliss-reactive ketones (excluding diaryl/α,β-unsaturated/α-hetero) is 1. The molecule has 0 amide bonds. The predicted octanol–water partition coefficient (Wildman–Crippen LogP) is 3.61. The van der Waals surface area contributed by atoms with Gasteiger partial charge in [0.1, 0.15) is 5.78 Å². The van der Waals surface area contributed by atoms with Crippen LogP contribution in [0.1, 0.15) is 64.2 Å². The molecule has 1 saturated heterocycles. The van der Waals surface area contributed by atoms with Crippen molar-refractivity contribution in [2.45, 2.75) is 76.3 Å². The number of carbonyl (C=O) groups is 1. The van der Waals surface area contributed by atoms with Crippen molar-refractivity contribution in [2.24, 2.45) is 5.92 Å². The van der Waals surface area contributed by atoms with Gasteiger partial charge >= 0.3 is 0 Å². The first-order valence-corrected chi connectivity index (χ1v) is 7.71. The molecule has 3 atom stereocenters. The van der Waals surface area contributed by atoms with E-state index in [0.717, 1.165) is 38.0 Å². The molecule has 2 rings (SSSR count). The Morgan fingerprint density at radius 2 is 2.06 bits per heavy atom. The molecule has 2 fully saturated rings. The third-order valence-corrected chi connectivity index (χ3v) is 4.58. The maximum Gasteiger partial charge on any atom is 0.149 e. The average molecular weight is 249 g/mol. The minimum atomic E-state index is 0.178. The maximum atomic E-state index is 12.1. The van der Waals surface area contributed by atoms with Crippen LogP contribution < -0.4 is 5.32 Å². The molecule has 0 radical (unpaired) electrons. The lowest BCUT2D eigenvalue weighted by Gasteiger charge is -2.24. The van der Waals surface area contributed by atoms with E-state index in [9.17, 15) is 4.79 Å². The standard InChI is InChI=1S/C16H27NO/c1-2-3-4-5-6-11-16(18)15-12-13-9-7-8-10-14(13)17-15/h2,13-15,17H,1,3-12H2. The molecule has 1 heterocycles. The lowest BCUT2D eigenvalue weighted by Crippen LogP contribution is -2.37. The van der Waals surface area contributed by atoms with Crippen LogP contribution in [0.25, 0.3) is 0 Å². The Balaban J connectivity index is 1.65. The topological polar surface area (TPSA) is 29.1 Å². The first-order valence-electron chi connectivity index (χ1n) is 7.71. The number of fused-ring (bicyclic) bond motifs is 1. The Morgan fingerprint density at radius 1 is 1.22 bits per heavy atom. The molecule has 1 N–H and O–H groups in total. The van der Waals surface area contributed by atoms with E-state index in [1.54, 1.807) is 0 Å². The number of hydrogen-bond donors (Lipinski definition) is 1. The fourth-order valence-electron chi connectivity index (χ4n) is 3.50. The maximum absolute atomic E-state index is 12.1. The van der Waals surface area contributed by atoms with Gasteiger partial charge in [-0.1, -0.05) is 25.3 Å². The van der Waals surface area contributed by atoms with Crippen LogP contribution in [0.3, 0.4) is 0 Å². The second kappa shape index (κ2) is 7.08. The highest BCUT2D eigenvalue weighted by atomic mass is 16.1. The monoisotopic (exact) mass is 249 g/mol. The van der Waals surface area contributed by atoms with Gasteiger partial charge in [0.15, 0.2) is 0 Å². The van der Waals surface area contributed by atoms with Gasteiger partial charge in [-0.3, -0.25) is 4.79 Å². The largest absolute Gasteiger partial charge is 0.304 e. The summed E-state index contributed by atoms with van der Waals surface area (Å²) in [7, 11) is 0. The van der Waals surface area contributed by atoms with Crippen molar-refractivity contribution in [3.8, 4) is 0 Å². The molecule has 3 unspecified atom stereocenters. The van der Waals surface area contributed by atoms with Gasteiger partial charge in [0.2, 0.25) is 0 Å². The molecule has 102 valence electrons. The van der Waals surface area contributed by atoms with Gasteiger partial charge in [-0.15, -0.1) is 6.58 Å². The molecule has 0 aromatic heterocycles. The summed E-state index contributed by atoms with van der Waals surface area (Å²) in [6, 6.07) is 0.825. The summed E-state index contributed by atoms with van der Waals surface area (Å²) in [6.45, 7) is 3.72. The zero-order valence-electron chi connectivity index (χ0n) is 11.5. The van der Waals surface area contributed by atoms with Crippen LogP contribution in [0.5, 0.6) is 0 Å². The molecule has 2 heteroatoms. The summed E-state index contributed by atoms with van der Waals surface area (Å²) in [4.78, 5) is 12.1. The van der Waals surface area contributed by atoms with Gasteiger partial charge in [0.05, 0.1) is 6.04 Å². The number of hydrogen-bond acceptors (Lipinski definition) is 2. The van der Waals surface area contributed by atoms with E-state index in [0.29, 0.717) is 11.8 Å². The van der Waals surface area contributed by atoms with Crippen LogP contribution in [0.2, 0.25) is 0 Å². The molecule has 0 bridgehead atoms. The Bertz CT molecular complexity index is 273. The van der Waals surface area contributed by atoms with Crippen molar-refractivity contribution < 1.29 is 4.79 Å². The van der Waals surface area contributed by atoms with Crippen molar-refractivity contribution in [1.29, 1.82) is 0 Å². The molecule has 0 aromatic carbocycles. The van der Waals surface area contributed by atoms with Crippen molar-refractivity contribution in [3.63, 3.8) is 0 Å². The van der Waals surface area contributed by atoms with Crippen LogP contribution in [0.15, 0.2) is 12.7 Å². The van der Waals surface area contributed by atoms with Gasteiger partial charge in [-0.05, 0) is 44.4 Å². The molecule has 0 aromatic rings. The highest BCUT2D eigenvalue weighted by molar-refractivity contribution is 5.84. The van der Waals surface area contributed by atoms with Gasteiger partial charge in [0.25, 0.3) is 0 Å². The van der Waals surface area contributed by atoms with Crippen LogP contribution in [0.4, 0.5) is 0 Å². The number of nitrogens with one attached hydrogen (secondary N) is 1. The van der Waals surface area contributed by atoms with Gasteiger partial charge in [0, 0.05) is 12.5 Å². The van der Waals surface area contributed by atoms with E-state index in [-0.39, 0.29) is 6.04 Å². The third-order valence-electron chi connectivity index (χ3n) is 4.58.